The molecule has 0 radical (unpaired) electrons. The van der Waals surface area contributed by atoms with Crippen LogP contribution in [0.2, 0.25) is 0 Å². The number of halogens is 2. The van der Waals surface area contributed by atoms with Crippen molar-refractivity contribution in [2.75, 3.05) is 6.61 Å². The Kier molecular flexibility index (Phi) is 6.02. The van der Waals surface area contributed by atoms with Crippen molar-refractivity contribution in [3.8, 4) is 0 Å². The summed E-state index contributed by atoms with van der Waals surface area (Å²) in [5.74, 6) is -9.60. The zero-order valence-electron chi connectivity index (χ0n) is 23.4. The average Bonchev–Trinajstić information content (AvgIpc) is 3.37. The molecular weight excluding hydrogens is 550 g/mol. The molecule has 1 aliphatic heterocycles. The van der Waals surface area contributed by atoms with E-state index in [9.17, 15) is 38.2 Å². The molecule has 0 spiro atoms. The van der Waals surface area contributed by atoms with Gasteiger partial charge < -0.3 is 33.9 Å². The monoisotopic (exact) mass is 586 g/mol. The van der Waals surface area contributed by atoms with Gasteiger partial charge in [0.15, 0.2) is 0 Å². The number of rotatable bonds is 7. The average molecular weight is 587 g/mol. The second-order valence-corrected chi connectivity index (χ2v) is 14.4. The lowest BCUT2D eigenvalue weighted by molar-refractivity contribution is -0.313. The Balaban J connectivity index is 1.15. The Morgan fingerprint density at radius 1 is 0.951 bits per heavy atom. The molecule has 11 nitrogen and oxygen atoms in total. The zero-order valence-corrected chi connectivity index (χ0v) is 23.4. The van der Waals surface area contributed by atoms with Crippen LogP contribution in [0.25, 0.3) is 0 Å². The van der Waals surface area contributed by atoms with Crippen molar-refractivity contribution in [1.82, 2.24) is 0 Å². The van der Waals surface area contributed by atoms with E-state index in [4.69, 9.17) is 23.7 Å². The first-order valence-electron chi connectivity index (χ1n) is 14.1. The molecular formula is C28H36F2O11. The first-order chi connectivity index (χ1) is 18.7. The summed E-state index contributed by atoms with van der Waals surface area (Å²) in [4.78, 5) is 50.8. The SMILES string of the molecule is CC(C)(C)OC(=O)C1C2CC3C(OC(=O)C31)C2OC(=O)COC12CC3(O)CC(O)(C1)CC(OC(=O)C(C)(F)F)(C3)C2. The standard InChI is InChI=1S/C28H36F2O11/c1-23(2,3)40-21(33)17-14-5-13-16(17)20(32)39-19(13)18(14)38-15(31)6-37-27-8-25(35)7-26(36,9-27)11-28(10-25,12-27)41-22(34)24(4,29)30/h13-14,16-19,35-36H,5-12H2,1-4H3. The lowest BCUT2D eigenvalue weighted by Crippen LogP contribution is -2.73. The van der Waals surface area contributed by atoms with Crippen molar-refractivity contribution in [1.29, 1.82) is 0 Å². The fourth-order valence-electron chi connectivity index (χ4n) is 9.13. The minimum atomic E-state index is -3.77. The van der Waals surface area contributed by atoms with Crippen LogP contribution in [0.4, 0.5) is 8.78 Å². The predicted octanol–water partition coefficient (Wildman–Crippen LogP) is 1.58. The van der Waals surface area contributed by atoms with Gasteiger partial charge in [-0.2, -0.15) is 8.78 Å². The van der Waals surface area contributed by atoms with Crippen LogP contribution in [-0.2, 0) is 42.9 Å². The van der Waals surface area contributed by atoms with Gasteiger partial charge in [0.05, 0.1) is 28.6 Å². The van der Waals surface area contributed by atoms with Crippen molar-refractivity contribution in [3.63, 3.8) is 0 Å². The predicted molar refractivity (Wildman–Crippen MR) is 130 cm³/mol. The van der Waals surface area contributed by atoms with Gasteiger partial charge in [-0.1, -0.05) is 0 Å². The van der Waals surface area contributed by atoms with Crippen molar-refractivity contribution < 1.29 is 61.9 Å². The van der Waals surface area contributed by atoms with Gasteiger partial charge in [0.1, 0.15) is 30.0 Å². The zero-order chi connectivity index (χ0) is 30.0. The Hall–Kier alpha value is -2.38. The summed E-state index contributed by atoms with van der Waals surface area (Å²) in [7, 11) is 0. The minimum Gasteiger partial charge on any atom is -0.460 e. The maximum atomic E-state index is 13.7. The second kappa shape index (κ2) is 8.59. The van der Waals surface area contributed by atoms with E-state index in [1.54, 1.807) is 20.8 Å². The molecule has 8 atom stereocenters. The fraction of sp³-hybridized carbons (Fsp3) is 0.857. The molecule has 7 rings (SSSR count). The third kappa shape index (κ3) is 4.81. The highest BCUT2D eigenvalue weighted by molar-refractivity contribution is 5.86. The Bertz CT molecular complexity index is 1170. The number of carbonyl (C=O) groups excluding carboxylic acids is 4. The molecule has 0 aromatic heterocycles. The molecule has 13 heteroatoms. The molecule has 0 amide bonds. The molecule has 6 saturated carbocycles. The number of aliphatic hydroxyl groups is 2. The maximum absolute atomic E-state index is 13.7. The van der Waals surface area contributed by atoms with Crippen molar-refractivity contribution in [3.05, 3.63) is 0 Å². The van der Waals surface area contributed by atoms with Crippen LogP contribution in [0.3, 0.4) is 0 Å². The van der Waals surface area contributed by atoms with Gasteiger partial charge in [-0.3, -0.25) is 9.59 Å². The highest BCUT2D eigenvalue weighted by atomic mass is 19.3. The fourth-order valence-corrected chi connectivity index (χ4v) is 9.13. The number of carbonyl (C=O) groups is 4. The summed E-state index contributed by atoms with van der Waals surface area (Å²) in [6.45, 7) is 4.96. The summed E-state index contributed by atoms with van der Waals surface area (Å²) in [6, 6.07) is 0. The number of ether oxygens (including phenoxy) is 5. The summed E-state index contributed by atoms with van der Waals surface area (Å²) in [6.07, 6.45) is -1.47. The van der Waals surface area contributed by atoms with Gasteiger partial charge in [-0.05, 0) is 27.2 Å². The summed E-state index contributed by atoms with van der Waals surface area (Å²) in [5, 5.41) is 22.4. The van der Waals surface area contributed by atoms with E-state index >= 15 is 0 Å². The van der Waals surface area contributed by atoms with E-state index in [1.165, 1.54) is 0 Å². The lowest BCUT2D eigenvalue weighted by atomic mass is 9.48. The second-order valence-electron chi connectivity index (χ2n) is 14.4. The summed E-state index contributed by atoms with van der Waals surface area (Å²) < 4.78 is 55.4. The third-order valence-electron chi connectivity index (χ3n) is 9.56. The molecule has 6 bridgehead atoms. The molecule has 0 aromatic rings. The summed E-state index contributed by atoms with van der Waals surface area (Å²) >= 11 is 0. The van der Waals surface area contributed by atoms with E-state index in [0.717, 1.165) is 0 Å². The van der Waals surface area contributed by atoms with Crippen LogP contribution < -0.4 is 0 Å². The minimum absolute atomic E-state index is 0.00811. The van der Waals surface area contributed by atoms with E-state index in [-0.39, 0.29) is 44.4 Å². The topological polar surface area (TPSA) is 155 Å². The van der Waals surface area contributed by atoms with Gasteiger partial charge in [0, 0.05) is 57.3 Å². The Morgan fingerprint density at radius 3 is 2.15 bits per heavy atom. The smallest absolute Gasteiger partial charge is 0.377 e. The highest BCUT2D eigenvalue weighted by Gasteiger charge is 2.72. The van der Waals surface area contributed by atoms with Gasteiger partial charge in [-0.15, -0.1) is 0 Å². The van der Waals surface area contributed by atoms with Crippen molar-refractivity contribution in [2.24, 2.45) is 23.7 Å². The molecule has 8 unspecified atom stereocenters. The molecule has 1 saturated heterocycles. The first kappa shape index (κ1) is 28.7. The molecule has 0 aromatic carbocycles. The van der Waals surface area contributed by atoms with Crippen LogP contribution in [0.5, 0.6) is 0 Å². The van der Waals surface area contributed by atoms with Crippen LogP contribution in [0, 0.1) is 23.7 Å². The Labute approximate surface area is 235 Å². The van der Waals surface area contributed by atoms with Gasteiger partial charge in [0.2, 0.25) is 0 Å². The normalized spacial score (nSPS) is 45.5. The van der Waals surface area contributed by atoms with Crippen LogP contribution in [-0.4, -0.2) is 86.8 Å². The Morgan fingerprint density at radius 2 is 1.56 bits per heavy atom. The quantitative estimate of drug-likeness (QED) is 0.330. The number of esters is 4. The van der Waals surface area contributed by atoms with Crippen LogP contribution in [0.1, 0.15) is 72.6 Å². The van der Waals surface area contributed by atoms with E-state index in [0.29, 0.717) is 13.3 Å². The van der Waals surface area contributed by atoms with E-state index < -0.39 is 94.4 Å². The van der Waals surface area contributed by atoms with Crippen molar-refractivity contribution in [2.45, 2.75) is 119 Å². The third-order valence-corrected chi connectivity index (χ3v) is 9.56. The first-order valence-corrected chi connectivity index (χ1v) is 14.1. The number of fused-ring (bicyclic) bond motifs is 1. The molecule has 7 aliphatic rings. The van der Waals surface area contributed by atoms with E-state index in [1.807, 2.05) is 0 Å². The molecule has 1 heterocycles. The lowest BCUT2D eigenvalue weighted by Gasteiger charge is -2.66. The van der Waals surface area contributed by atoms with Gasteiger partial charge in [-0.25, -0.2) is 9.59 Å². The molecule has 41 heavy (non-hydrogen) atoms. The number of hydrogen-bond donors (Lipinski definition) is 2. The number of hydrogen-bond acceptors (Lipinski definition) is 11. The molecule has 2 N–H and O–H groups in total. The summed E-state index contributed by atoms with van der Waals surface area (Å²) in [5.41, 5.74) is -6.79. The van der Waals surface area contributed by atoms with Crippen molar-refractivity contribution >= 4 is 23.9 Å². The maximum Gasteiger partial charge on any atom is 0.377 e. The largest absolute Gasteiger partial charge is 0.460 e. The highest BCUT2D eigenvalue weighted by Crippen LogP contribution is 2.64. The molecule has 7 fully saturated rings. The van der Waals surface area contributed by atoms with Crippen LogP contribution >= 0.6 is 0 Å². The van der Waals surface area contributed by atoms with E-state index in [2.05, 4.69) is 0 Å². The van der Waals surface area contributed by atoms with Crippen LogP contribution in [0.15, 0.2) is 0 Å². The molecule has 228 valence electrons. The number of alkyl halides is 2. The molecule has 6 aliphatic carbocycles. The van der Waals surface area contributed by atoms with Gasteiger partial charge in [0.25, 0.3) is 0 Å². The van der Waals surface area contributed by atoms with Gasteiger partial charge >= 0.3 is 29.8 Å².